The maximum Gasteiger partial charge on any atom is 0.140 e. The SMILES string of the molecule is NC(=S)c1c(F)cccc1Oc1ccc2cccnc2c1. The van der Waals surface area contributed by atoms with Crippen molar-refractivity contribution in [1.29, 1.82) is 0 Å². The third-order valence-corrected chi connectivity index (χ3v) is 3.23. The molecule has 0 amide bonds. The number of thiocarbonyl (C=S) groups is 1. The number of halogens is 1. The molecule has 0 unspecified atom stereocenters. The average Bonchev–Trinajstić information content (AvgIpc) is 2.47. The molecule has 0 fully saturated rings. The zero-order valence-electron chi connectivity index (χ0n) is 10.9. The van der Waals surface area contributed by atoms with Crippen LogP contribution in [0.3, 0.4) is 0 Å². The van der Waals surface area contributed by atoms with Crippen molar-refractivity contribution in [3.63, 3.8) is 0 Å². The van der Waals surface area contributed by atoms with Gasteiger partial charge in [0.15, 0.2) is 0 Å². The number of ether oxygens (including phenoxy) is 1. The Hall–Kier alpha value is -2.53. The molecule has 0 saturated heterocycles. The molecule has 21 heavy (non-hydrogen) atoms. The lowest BCUT2D eigenvalue weighted by molar-refractivity contribution is 0.476. The molecule has 0 atom stereocenters. The number of pyridine rings is 1. The summed E-state index contributed by atoms with van der Waals surface area (Å²) >= 11 is 4.88. The highest BCUT2D eigenvalue weighted by Gasteiger charge is 2.13. The zero-order chi connectivity index (χ0) is 14.8. The van der Waals surface area contributed by atoms with Gasteiger partial charge in [-0.05, 0) is 30.3 Å². The van der Waals surface area contributed by atoms with Crippen LogP contribution in [0.5, 0.6) is 11.5 Å². The van der Waals surface area contributed by atoms with Crippen LogP contribution in [-0.2, 0) is 0 Å². The van der Waals surface area contributed by atoms with E-state index in [0.717, 1.165) is 10.9 Å². The van der Waals surface area contributed by atoms with E-state index in [9.17, 15) is 4.39 Å². The molecule has 1 heterocycles. The lowest BCUT2D eigenvalue weighted by atomic mass is 10.2. The Bertz CT molecular complexity index is 835. The Morgan fingerprint density at radius 3 is 2.81 bits per heavy atom. The molecule has 0 aliphatic rings. The molecule has 0 saturated carbocycles. The monoisotopic (exact) mass is 298 g/mol. The minimum absolute atomic E-state index is 0.0398. The number of hydrogen-bond donors (Lipinski definition) is 1. The number of aromatic nitrogens is 1. The molecule has 0 spiro atoms. The van der Waals surface area contributed by atoms with Gasteiger partial charge < -0.3 is 10.5 Å². The normalized spacial score (nSPS) is 10.5. The first-order valence-corrected chi connectivity index (χ1v) is 6.67. The van der Waals surface area contributed by atoms with Gasteiger partial charge in [-0.25, -0.2) is 4.39 Å². The van der Waals surface area contributed by atoms with E-state index in [-0.39, 0.29) is 16.3 Å². The average molecular weight is 298 g/mol. The Labute approximate surface area is 126 Å². The molecule has 0 aliphatic carbocycles. The Kier molecular flexibility index (Phi) is 3.50. The Balaban J connectivity index is 2.02. The van der Waals surface area contributed by atoms with Crippen molar-refractivity contribution >= 4 is 28.1 Å². The van der Waals surface area contributed by atoms with E-state index in [2.05, 4.69) is 4.98 Å². The number of rotatable bonds is 3. The predicted octanol–water partition coefficient (Wildman–Crippen LogP) is 3.80. The van der Waals surface area contributed by atoms with Gasteiger partial charge in [-0.3, -0.25) is 4.98 Å². The van der Waals surface area contributed by atoms with Crippen LogP contribution in [0, 0.1) is 5.82 Å². The van der Waals surface area contributed by atoms with Gasteiger partial charge in [-0.15, -0.1) is 0 Å². The van der Waals surface area contributed by atoms with E-state index in [1.165, 1.54) is 6.07 Å². The van der Waals surface area contributed by atoms with Gasteiger partial charge in [0.25, 0.3) is 0 Å². The van der Waals surface area contributed by atoms with Crippen molar-refractivity contribution in [2.75, 3.05) is 0 Å². The smallest absolute Gasteiger partial charge is 0.140 e. The first kappa shape index (κ1) is 13.5. The van der Waals surface area contributed by atoms with Crippen LogP contribution in [0.25, 0.3) is 10.9 Å². The van der Waals surface area contributed by atoms with Gasteiger partial charge in [0.1, 0.15) is 22.3 Å². The maximum absolute atomic E-state index is 13.8. The van der Waals surface area contributed by atoms with E-state index in [1.54, 1.807) is 30.5 Å². The Morgan fingerprint density at radius 1 is 1.14 bits per heavy atom. The van der Waals surface area contributed by atoms with Crippen molar-refractivity contribution in [2.24, 2.45) is 5.73 Å². The highest BCUT2D eigenvalue weighted by Crippen LogP contribution is 2.28. The molecule has 0 bridgehead atoms. The molecule has 1 aromatic heterocycles. The number of benzene rings is 2. The zero-order valence-corrected chi connectivity index (χ0v) is 11.7. The minimum atomic E-state index is -0.501. The molecular weight excluding hydrogens is 287 g/mol. The third-order valence-electron chi connectivity index (χ3n) is 3.03. The van der Waals surface area contributed by atoms with E-state index < -0.39 is 5.82 Å². The molecule has 5 heteroatoms. The summed E-state index contributed by atoms with van der Waals surface area (Å²) in [7, 11) is 0. The molecule has 3 nitrogen and oxygen atoms in total. The molecule has 0 radical (unpaired) electrons. The third kappa shape index (κ3) is 2.68. The van der Waals surface area contributed by atoms with E-state index in [0.29, 0.717) is 5.75 Å². The van der Waals surface area contributed by atoms with Gasteiger partial charge >= 0.3 is 0 Å². The molecule has 3 aromatic rings. The van der Waals surface area contributed by atoms with Crippen molar-refractivity contribution in [2.45, 2.75) is 0 Å². The summed E-state index contributed by atoms with van der Waals surface area (Å²) in [4.78, 5) is 4.21. The lowest BCUT2D eigenvalue weighted by Gasteiger charge is -2.11. The van der Waals surface area contributed by atoms with Crippen LogP contribution >= 0.6 is 12.2 Å². The molecular formula is C16H11FN2OS. The first-order chi connectivity index (χ1) is 10.1. The van der Waals surface area contributed by atoms with Gasteiger partial charge in [0, 0.05) is 17.6 Å². The lowest BCUT2D eigenvalue weighted by Crippen LogP contribution is -2.13. The summed E-state index contributed by atoms with van der Waals surface area (Å²) in [5.41, 5.74) is 6.46. The summed E-state index contributed by atoms with van der Waals surface area (Å²) in [5.74, 6) is 0.334. The highest BCUT2D eigenvalue weighted by molar-refractivity contribution is 7.80. The molecule has 3 rings (SSSR count). The summed E-state index contributed by atoms with van der Waals surface area (Å²) in [6.45, 7) is 0. The van der Waals surface area contributed by atoms with Crippen LogP contribution in [0.15, 0.2) is 54.7 Å². The van der Waals surface area contributed by atoms with Crippen LogP contribution in [-0.4, -0.2) is 9.97 Å². The second kappa shape index (κ2) is 5.46. The van der Waals surface area contributed by atoms with Crippen LogP contribution in [0.4, 0.5) is 4.39 Å². The van der Waals surface area contributed by atoms with E-state index in [1.807, 2.05) is 18.2 Å². The highest BCUT2D eigenvalue weighted by atomic mass is 32.1. The second-order valence-electron chi connectivity index (χ2n) is 4.44. The molecule has 0 aliphatic heterocycles. The molecule has 2 N–H and O–H groups in total. The van der Waals surface area contributed by atoms with Gasteiger partial charge in [-0.1, -0.05) is 24.4 Å². The topological polar surface area (TPSA) is 48.1 Å². The fourth-order valence-corrected chi connectivity index (χ4v) is 2.26. The van der Waals surface area contributed by atoms with E-state index in [4.69, 9.17) is 22.7 Å². The fourth-order valence-electron chi connectivity index (χ4n) is 2.07. The summed E-state index contributed by atoms with van der Waals surface area (Å²) < 4.78 is 19.5. The number of nitrogens with two attached hydrogens (primary N) is 1. The van der Waals surface area contributed by atoms with Crippen LogP contribution < -0.4 is 10.5 Å². The van der Waals surface area contributed by atoms with Crippen LogP contribution in [0.1, 0.15) is 5.56 Å². The maximum atomic E-state index is 13.8. The van der Waals surface area contributed by atoms with Crippen LogP contribution in [0.2, 0.25) is 0 Å². The summed E-state index contributed by atoms with van der Waals surface area (Å²) in [6, 6.07) is 13.7. The van der Waals surface area contributed by atoms with Crippen molar-refractivity contribution in [3.05, 3.63) is 66.1 Å². The second-order valence-corrected chi connectivity index (χ2v) is 4.88. The molecule has 2 aromatic carbocycles. The number of hydrogen-bond acceptors (Lipinski definition) is 3. The van der Waals surface area contributed by atoms with Gasteiger partial charge in [-0.2, -0.15) is 0 Å². The van der Waals surface area contributed by atoms with Crippen molar-refractivity contribution in [1.82, 2.24) is 4.98 Å². The fraction of sp³-hybridized carbons (Fsp3) is 0. The Morgan fingerprint density at radius 2 is 2.00 bits per heavy atom. The first-order valence-electron chi connectivity index (χ1n) is 6.26. The largest absolute Gasteiger partial charge is 0.456 e. The summed E-state index contributed by atoms with van der Waals surface area (Å²) in [5, 5.41) is 0.999. The number of fused-ring (bicyclic) bond motifs is 1. The van der Waals surface area contributed by atoms with Gasteiger partial charge in [0.05, 0.1) is 11.1 Å². The quantitative estimate of drug-likeness (QED) is 0.747. The van der Waals surface area contributed by atoms with E-state index >= 15 is 0 Å². The van der Waals surface area contributed by atoms with Crippen molar-refractivity contribution in [3.8, 4) is 11.5 Å². The predicted molar refractivity (Wildman–Crippen MR) is 84.1 cm³/mol. The minimum Gasteiger partial charge on any atom is -0.456 e. The summed E-state index contributed by atoms with van der Waals surface area (Å²) in [6.07, 6.45) is 1.70. The molecule has 104 valence electrons. The standard InChI is InChI=1S/C16H11FN2OS/c17-12-4-1-5-14(15(12)16(18)21)20-11-7-6-10-3-2-8-19-13(10)9-11/h1-9H,(H2,18,21). The van der Waals surface area contributed by atoms with Gasteiger partial charge in [0.2, 0.25) is 0 Å². The number of nitrogens with zero attached hydrogens (tertiary/aromatic N) is 1. The van der Waals surface area contributed by atoms with Crippen molar-refractivity contribution < 1.29 is 9.13 Å².